The molecule has 1 fully saturated rings. The molecule has 3 amide bonds. The highest BCUT2D eigenvalue weighted by Crippen LogP contribution is 2.33. The van der Waals surface area contributed by atoms with Crippen molar-refractivity contribution in [3.63, 3.8) is 0 Å². The van der Waals surface area contributed by atoms with Crippen LogP contribution in [-0.2, 0) is 9.53 Å². The van der Waals surface area contributed by atoms with Gasteiger partial charge >= 0.3 is 6.03 Å². The summed E-state index contributed by atoms with van der Waals surface area (Å²) in [6.07, 6.45) is 2.06. The van der Waals surface area contributed by atoms with E-state index in [1.54, 1.807) is 29.2 Å². The van der Waals surface area contributed by atoms with Crippen LogP contribution in [0.4, 0.5) is 4.79 Å². The van der Waals surface area contributed by atoms with Crippen LogP contribution in [0.2, 0.25) is 0 Å². The molecule has 3 aliphatic heterocycles. The molecular formula is C17H19N3O4. The Morgan fingerprint density at radius 2 is 2.04 bits per heavy atom. The van der Waals surface area contributed by atoms with Crippen LogP contribution < -0.4 is 10.6 Å². The van der Waals surface area contributed by atoms with Gasteiger partial charge in [-0.25, -0.2) is 4.79 Å². The van der Waals surface area contributed by atoms with Crippen molar-refractivity contribution in [3.05, 3.63) is 41.1 Å². The highest BCUT2D eigenvalue weighted by molar-refractivity contribution is 6.01. The molecule has 1 aromatic carbocycles. The fourth-order valence-corrected chi connectivity index (χ4v) is 3.53. The number of hydrogen-bond donors (Lipinski definition) is 3. The molecule has 7 heteroatoms. The fraction of sp³-hybridized carbons (Fsp3) is 0.412. The van der Waals surface area contributed by atoms with Gasteiger partial charge in [0.2, 0.25) is 0 Å². The first-order valence-electron chi connectivity index (χ1n) is 8.12. The molecule has 126 valence electrons. The largest absolute Gasteiger partial charge is 0.508 e. The van der Waals surface area contributed by atoms with E-state index in [4.69, 9.17) is 4.74 Å². The predicted octanol–water partition coefficient (Wildman–Crippen LogP) is 1.02. The lowest BCUT2D eigenvalue weighted by molar-refractivity contribution is -0.127. The molecule has 7 nitrogen and oxygen atoms in total. The lowest BCUT2D eigenvalue weighted by Gasteiger charge is -2.25. The van der Waals surface area contributed by atoms with Crippen molar-refractivity contribution in [2.45, 2.75) is 25.0 Å². The average molecular weight is 329 g/mol. The number of aromatic hydroxyl groups is 1. The summed E-state index contributed by atoms with van der Waals surface area (Å²) in [7, 11) is 0. The Hall–Kier alpha value is -2.54. The molecule has 1 aromatic rings. The number of nitrogens with zero attached hydrogens (tertiary/aromatic N) is 1. The van der Waals surface area contributed by atoms with Crippen LogP contribution in [0.1, 0.15) is 24.4 Å². The molecule has 0 saturated carbocycles. The minimum atomic E-state index is -0.503. The molecule has 4 rings (SSSR count). The van der Waals surface area contributed by atoms with Gasteiger partial charge in [-0.1, -0.05) is 12.1 Å². The second-order valence-electron chi connectivity index (χ2n) is 6.34. The van der Waals surface area contributed by atoms with Gasteiger partial charge in [-0.2, -0.15) is 0 Å². The summed E-state index contributed by atoms with van der Waals surface area (Å²) in [6, 6.07) is 5.70. The van der Waals surface area contributed by atoms with E-state index in [-0.39, 0.29) is 23.8 Å². The SMILES string of the molecule is O=C1NC2=C(C(=O)N(C[C@@H]3CCCO3)C2)[C@H](c2ccc(O)cc2)N1. The number of urea groups is 1. The predicted molar refractivity (Wildman–Crippen MR) is 85.1 cm³/mol. The zero-order valence-corrected chi connectivity index (χ0v) is 13.1. The van der Waals surface area contributed by atoms with Gasteiger partial charge in [-0.15, -0.1) is 0 Å². The molecule has 3 aliphatic rings. The van der Waals surface area contributed by atoms with Crippen molar-refractivity contribution < 1.29 is 19.4 Å². The Balaban J connectivity index is 1.60. The van der Waals surface area contributed by atoms with E-state index in [2.05, 4.69) is 10.6 Å². The first-order valence-corrected chi connectivity index (χ1v) is 8.12. The molecule has 24 heavy (non-hydrogen) atoms. The topological polar surface area (TPSA) is 90.9 Å². The molecule has 3 N–H and O–H groups in total. The highest BCUT2D eigenvalue weighted by Gasteiger charge is 2.41. The Bertz CT molecular complexity index is 707. The van der Waals surface area contributed by atoms with Crippen molar-refractivity contribution in [2.24, 2.45) is 0 Å². The number of hydrogen-bond acceptors (Lipinski definition) is 4. The van der Waals surface area contributed by atoms with Gasteiger partial charge in [0.05, 0.1) is 30.0 Å². The first-order chi connectivity index (χ1) is 11.6. The summed E-state index contributed by atoms with van der Waals surface area (Å²) in [5, 5.41) is 15.0. The first kappa shape index (κ1) is 15.0. The van der Waals surface area contributed by atoms with Gasteiger partial charge in [0.1, 0.15) is 5.75 Å². The number of carbonyl (C=O) groups is 2. The lowest BCUT2D eigenvalue weighted by Crippen LogP contribution is -2.44. The Morgan fingerprint density at radius 1 is 1.25 bits per heavy atom. The summed E-state index contributed by atoms with van der Waals surface area (Å²) in [5.41, 5.74) is 1.99. The molecule has 2 atom stereocenters. The third kappa shape index (κ3) is 2.60. The molecule has 0 aromatic heterocycles. The van der Waals surface area contributed by atoms with E-state index in [0.717, 1.165) is 25.0 Å². The maximum absolute atomic E-state index is 12.9. The second kappa shape index (κ2) is 5.83. The van der Waals surface area contributed by atoms with E-state index >= 15 is 0 Å². The van der Waals surface area contributed by atoms with Crippen molar-refractivity contribution in [1.82, 2.24) is 15.5 Å². The molecule has 0 aliphatic carbocycles. The number of phenols is 1. The van der Waals surface area contributed by atoms with Crippen LogP contribution in [-0.4, -0.2) is 47.7 Å². The number of nitrogens with one attached hydrogen (secondary N) is 2. The van der Waals surface area contributed by atoms with Crippen LogP contribution >= 0.6 is 0 Å². The lowest BCUT2D eigenvalue weighted by atomic mass is 9.96. The minimum Gasteiger partial charge on any atom is -0.508 e. The normalized spacial score (nSPS) is 26.4. The summed E-state index contributed by atoms with van der Waals surface area (Å²) in [6.45, 7) is 1.69. The van der Waals surface area contributed by atoms with Crippen LogP contribution in [0.5, 0.6) is 5.75 Å². The van der Waals surface area contributed by atoms with Gasteiger partial charge in [0.15, 0.2) is 0 Å². The van der Waals surface area contributed by atoms with Crippen molar-refractivity contribution in [1.29, 1.82) is 0 Å². The van der Waals surface area contributed by atoms with Crippen LogP contribution in [0.3, 0.4) is 0 Å². The monoisotopic (exact) mass is 329 g/mol. The Kier molecular flexibility index (Phi) is 3.65. The quantitative estimate of drug-likeness (QED) is 0.772. The van der Waals surface area contributed by atoms with Gasteiger partial charge in [0, 0.05) is 13.2 Å². The van der Waals surface area contributed by atoms with E-state index < -0.39 is 6.04 Å². The standard InChI is InChI=1S/C17H19N3O4/c21-11-5-3-10(4-6-11)15-14-13(18-17(23)19-15)9-20(16(14)22)8-12-2-1-7-24-12/h3-6,12,15,21H,1-2,7-9H2,(H2,18,19,23)/t12-,15-/m0/s1. The number of ether oxygens (including phenoxy) is 1. The van der Waals surface area contributed by atoms with Crippen molar-refractivity contribution >= 4 is 11.9 Å². The number of rotatable bonds is 3. The summed E-state index contributed by atoms with van der Waals surface area (Å²) < 4.78 is 5.62. The van der Waals surface area contributed by atoms with E-state index in [9.17, 15) is 14.7 Å². The van der Waals surface area contributed by atoms with E-state index in [0.29, 0.717) is 24.4 Å². The van der Waals surface area contributed by atoms with Crippen LogP contribution in [0.25, 0.3) is 0 Å². The van der Waals surface area contributed by atoms with Crippen LogP contribution in [0.15, 0.2) is 35.5 Å². The zero-order chi connectivity index (χ0) is 16.7. The number of phenolic OH excluding ortho intramolecular Hbond substituents is 1. The molecule has 0 spiro atoms. The second-order valence-corrected chi connectivity index (χ2v) is 6.34. The number of amides is 3. The third-order valence-electron chi connectivity index (χ3n) is 4.69. The fourth-order valence-electron chi connectivity index (χ4n) is 3.53. The van der Waals surface area contributed by atoms with E-state index in [1.807, 2.05) is 0 Å². The number of benzene rings is 1. The Morgan fingerprint density at radius 3 is 2.75 bits per heavy atom. The average Bonchev–Trinajstić information content (AvgIpc) is 3.17. The minimum absolute atomic E-state index is 0.0751. The third-order valence-corrected chi connectivity index (χ3v) is 4.69. The zero-order valence-electron chi connectivity index (χ0n) is 13.1. The molecule has 1 saturated heterocycles. The summed E-state index contributed by atoms with van der Waals surface area (Å²) in [5.74, 6) is 0.0667. The van der Waals surface area contributed by atoms with Crippen molar-refractivity contribution in [2.75, 3.05) is 19.7 Å². The molecule has 3 heterocycles. The molecule has 0 radical (unpaired) electrons. The molecule has 0 unspecified atom stereocenters. The van der Waals surface area contributed by atoms with Gasteiger partial charge < -0.3 is 25.4 Å². The summed E-state index contributed by atoms with van der Waals surface area (Å²) >= 11 is 0. The van der Waals surface area contributed by atoms with Gasteiger partial charge in [-0.3, -0.25) is 4.79 Å². The van der Waals surface area contributed by atoms with Crippen LogP contribution in [0, 0.1) is 0 Å². The van der Waals surface area contributed by atoms with E-state index in [1.165, 1.54) is 0 Å². The summed E-state index contributed by atoms with van der Waals surface area (Å²) in [4.78, 5) is 26.5. The Labute approximate surface area is 139 Å². The van der Waals surface area contributed by atoms with Gasteiger partial charge in [-0.05, 0) is 30.5 Å². The number of carbonyl (C=O) groups excluding carboxylic acids is 2. The highest BCUT2D eigenvalue weighted by atomic mass is 16.5. The van der Waals surface area contributed by atoms with Gasteiger partial charge in [0.25, 0.3) is 5.91 Å². The molecule has 0 bridgehead atoms. The molecular weight excluding hydrogens is 310 g/mol. The maximum atomic E-state index is 12.9. The van der Waals surface area contributed by atoms with Crippen molar-refractivity contribution in [3.8, 4) is 5.75 Å². The smallest absolute Gasteiger partial charge is 0.319 e. The maximum Gasteiger partial charge on any atom is 0.319 e.